The van der Waals surface area contributed by atoms with Gasteiger partial charge in [-0.2, -0.15) is 0 Å². The molecule has 0 bridgehead atoms. The average Bonchev–Trinajstić information content (AvgIpc) is 2.26. The van der Waals surface area contributed by atoms with Crippen LogP contribution in [0.2, 0.25) is 19.6 Å². The second-order valence-electron chi connectivity index (χ2n) is 6.59. The Bertz CT molecular complexity index is 404. The molecule has 1 saturated carbocycles. The molecule has 0 amide bonds. The molecule has 1 N–H and O–H groups in total. The van der Waals surface area contributed by atoms with Gasteiger partial charge >= 0.3 is 0 Å². The maximum absolute atomic E-state index is 10.4. The molecular weight excluding hydrogens is 256 g/mol. The summed E-state index contributed by atoms with van der Waals surface area (Å²) in [5.74, 6) is 0. The van der Waals surface area contributed by atoms with E-state index in [0.29, 0.717) is 4.37 Å². The highest BCUT2D eigenvalue weighted by Gasteiger charge is 2.59. The molecule has 2 rings (SSSR count). The first-order valence-corrected chi connectivity index (χ1v) is 11.1. The lowest BCUT2D eigenvalue weighted by Crippen LogP contribution is -2.65. The summed E-state index contributed by atoms with van der Waals surface area (Å²) in [4.78, 5) is 1.35. The van der Waals surface area contributed by atoms with Crippen molar-refractivity contribution in [3.05, 3.63) is 30.3 Å². The van der Waals surface area contributed by atoms with Crippen molar-refractivity contribution in [2.45, 2.75) is 60.7 Å². The van der Waals surface area contributed by atoms with Crippen molar-refractivity contribution in [1.29, 1.82) is 0 Å². The van der Waals surface area contributed by atoms with Gasteiger partial charge in [-0.05, 0) is 31.4 Å². The number of aliphatic hydroxyl groups is 1. The lowest BCUT2D eigenvalue weighted by molar-refractivity contribution is -0.0435. The zero-order valence-electron chi connectivity index (χ0n) is 11.9. The normalized spacial score (nSPS) is 32.1. The Morgan fingerprint density at radius 2 is 1.72 bits per heavy atom. The fourth-order valence-electron chi connectivity index (χ4n) is 2.73. The maximum atomic E-state index is 10.4. The lowest BCUT2D eigenvalue weighted by atomic mass is 9.77. The van der Waals surface area contributed by atoms with E-state index in [0.717, 1.165) is 19.3 Å². The molecule has 0 unspecified atom stereocenters. The molecule has 1 aliphatic carbocycles. The Balaban J connectivity index is 2.20. The SMILES string of the molecule is CCC1(O)CC(Sc2ccccc2)([Si](C)(C)C)C1. The highest BCUT2D eigenvalue weighted by atomic mass is 32.2. The van der Waals surface area contributed by atoms with Gasteiger partial charge in [0.25, 0.3) is 0 Å². The molecule has 1 aliphatic rings. The fourth-order valence-corrected chi connectivity index (χ4v) is 7.45. The number of thioether (sulfide) groups is 1. The van der Waals surface area contributed by atoms with Crippen LogP contribution in [0.4, 0.5) is 0 Å². The van der Waals surface area contributed by atoms with Gasteiger partial charge in [-0.3, -0.25) is 0 Å². The topological polar surface area (TPSA) is 20.2 Å². The molecule has 0 spiro atoms. The van der Waals surface area contributed by atoms with E-state index in [2.05, 4.69) is 56.9 Å². The zero-order valence-corrected chi connectivity index (χ0v) is 13.7. The van der Waals surface area contributed by atoms with Crippen LogP contribution in [0.25, 0.3) is 0 Å². The van der Waals surface area contributed by atoms with Gasteiger partial charge in [0, 0.05) is 9.27 Å². The van der Waals surface area contributed by atoms with Gasteiger partial charge in [0.2, 0.25) is 0 Å². The van der Waals surface area contributed by atoms with Crippen LogP contribution in [0.5, 0.6) is 0 Å². The molecule has 18 heavy (non-hydrogen) atoms. The van der Waals surface area contributed by atoms with Gasteiger partial charge in [-0.15, -0.1) is 11.8 Å². The number of hydrogen-bond acceptors (Lipinski definition) is 2. The molecule has 1 nitrogen and oxygen atoms in total. The standard InChI is InChI=1S/C15H24OSSi/c1-5-14(16)11-15(12-14,18(2,3)4)17-13-9-7-6-8-10-13/h6-10,16H,5,11-12H2,1-4H3. The van der Waals surface area contributed by atoms with Crippen molar-refractivity contribution in [3.63, 3.8) is 0 Å². The molecule has 0 aromatic heterocycles. The summed E-state index contributed by atoms with van der Waals surface area (Å²) in [7, 11) is -1.31. The van der Waals surface area contributed by atoms with E-state index in [4.69, 9.17) is 0 Å². The molecular formula is C15H24OSSi. The third-order valence-corrected chi connectivity index (χ3v) is 10.7. The molecule has 0 atom stereocenters. The largest absolute Gasteiger partial charge is 0.390 e. The van der Waals surface area contributed by atoms with E-state index in [1.54, 1.807) is 0 Å². The van der Waals surface area contributed by atoms with Crippen LogP contribution in [0.1, 0.15) is 26.2 Å². The van der Waals surface area contributed by atoms with Crippen LogP contribution in [0.3, 0.4) is 0 Å². The molecule has 100 valence electrons. The third-order valence-electron chi connectivity index (χ3n) is 4.31. The van der Waals surface area contributed by atoms with Gasteiger partial charge < -0.3 is 5.11 Å². The van der Waals surface area contributed by atoms with Gasteiger partial charge in [0.1, 0.15) is 0 Å². The lowest BCUT2D eigenvalue weighted by Gasteiger charge is -2.58. The minimum Gasteiger partial charge on any atom is -0.390 e. The quantitative estimate of drug-likeness (QED) is 0.828. The third kappa shape index (κ3) is 2.54. The van der Waals surface area contributed by atoms with E-state index in [9.17, 15) is 5.11 Å². The Morgan fingerprint density at radius 3 is 2.17 bits per heavy atom. The van der Waals surface area contributed by atoms with E-state index in [1.807, 2.05) is 11.8 Å². The number of rotatable bonds is 4. The zero-order chi connectivity index (χ0) is 13.4. The first kappa shape index (κ1) is 14.2. The monoisotopic (exact) mass is 280 g/mol. The van der Waals surface area contributed by atoms with Crippen molar-refractivity contribution in [3.8, 4) is 0 Å². The van der Waals surface area contributed by atoms with Gasteiger partial charge in [-0.1, -0.05) is 44.8 Å². The maximum Gasteiger partial charge on any atom is 0.0666 e. The van der Waals surface area contributed by atoms with E-state index < -0.39 is 13.7 Å². The molecule has 0 saturated heterocycles. The molecule has 0 radical (unpaired) electrons. The molecule has 1 aromatic rings. The smallest absolute Gasteiger partial charge is 0.0666 e. The Hall–Kier alpha value is -0.253. The Labute approximate surface area is 116 Å². The number of benzene rings is 1. The van der Waals surface area contributed by atoms with Crippen molar-refractivity contribution >= 4 is 19.8 Å². The van der Waals surface area contributed by atoms with E-state index in [-0.39, 0.29) is 0 Å². The molecule has 1 aromatic carbocycles. The molecule has 0 aliphatic heterocycles. The van der Waals surface area contributed by atoms with Gasteiger partial charge in [0.05, 0.1) is 13.7 Å². The molecule has 3 heteroatoms. The van der Waals surface area contributed by atoms with Crippen LogP contribution in [-0.4, -0.2) is 23.2 Å². The van der Waals surface area contributed by atoms with Crippen molar-refractivity contribution in [2.75, 3.05) is 0 Å². The first-order chi connectivity index (χ1) is 8.30. The minimum atomic E-state index is -1.31. The minimum absolute atomic E-state index is 0.305. The number of hydrogen-bond donors (Lipinski definition) is 1. The van der Waals surface area contributed by atoms with Gasteiger partial charge in [0.15, 0.2) is 0 Å². The van der Waals surface area contributed by atoms with Crippen molar-refractivity contribution in [1.82, 2.24) is 0 Å². The summed E-state index contributed by atoms with van der Waals surface area (Å²) in [6, 6.07) is 10.6. The average molecular weight is 281 g/mol. The molecule has 0 heterocycles. The van der Waals surface area contributed by atoms with Crippen LogP contribution < -0.4 is 0 Å². The summed E-state index contributed by atoms with van der Waals surface area (Å²) < 4.78 is 0.305. The first-order valence-electron chi connectivity index (χ1n) is 6.77. The Morgan fingerprint density at radius 1 is 1.17 bits per heavy atom. The van der Waals surface area contributed by atoms with E-state index >= 15 is 0 Å². The van der Waals surface area contributed by atoms with Crippen LogP contribution in [0, 0.1) is 0 Å². The van der Waals surface area contributed by atoms with Gasteiger partial charge in [-0.25, -0.2) is 0 Å². The van der Waals surface area contributed by atoms with Crippen LogP contribution in [-0.2, 0) is 0 Å². The fraction of sp³-hybridized carbons (Fsp3) is 0.600. The molecule has 1 fully saturated rings. The van der Waals surface area contributed by atoms with E-state index in [1.165, 1.54) is 4.90 Å². The summed E-state index contributed by atoms with van der Waals surface area (Å²) in [5.41, 5.74) is -0.401. The summed E-state index contributed by atoms with van der Waals surface area (Å²) in [5, 5.41) is 10.4. The van der Waals surface area contributed by atoms with Crippen molar-refractivity contribution < 1.29 is 5.11 Å². The van der Waals surface area contributed by atoms with Crippen LogP contribution in [0.15, 0.2) is 35.2 Å². The summed E-state index contributed by atoms with van der Waals surface area (Å²) in [6.07, 6.45) is 2.81. The van der Waals surface area contributed by atoms with Crippen molar-refractivity contribution in [2.24, 2.45) is 0 Å². The predicted octanol–water partition coefficient (Wildman–Crippen LogP) is 4.33. The summed E-state index contributed by atoms with van der Waals surface area (Å²) >= 11 is 2.00. The summed E-state index contributed by atoms with van der Waals surface area (Å²) in [6.45, 7) is 9.38. The second kappa shape index (κ2) is 4.69. The highest BCUT2D eigenvalue weighted by Crippen LogP contribution is 2.58. The Kier molecular flexibility index (Phi) is 3.69. The second-order valence-corrected chi connectivity index (χ2v) is 13.9. The van der Waals surface area contributed by atoms with Crippen LogP contribution >= 0.6 is 11.8 Å². The highest BCUT2D eigenvalue weighted by molar-refractivity contribution is 8.02. The predicted molar refractivity (Wildman–Crippen MR) is 82.9 cm³/mol.